The van der Waals surface area contributed by atoms with Gasteiger partial charge in [0.15, 0.2) is 21.4 Å². The SMILES string of the molecule is Cl.Cl.O=P(c1ccccc1)(c1ccccc1)C(P(=O)(c1ccccc1)c1ccccc1)P(=O)(c1ccccc1)c1ccccc1.[C-]1=[As][AsH]C=C1.[Zr]. The molecule has 7 rings (SSSR count). The smallest absolute Gasteiger partial charge is 0 e. The van der Waals surface area contributed by atoms with Gasteiger partial charge in [-0.05, 0) is 0 Å². The van der Waals surface area contributed by atoms with Crippen LogP contribution in [-0.4, -0.2) is 36.9 Å². The Hall–Kier alpha value is -1.80. The Morgan fingerprint density at radius 1 is 0.412 bits per heavy atom. The van der Waals surface area contributed by atoms with Gasteiger partial charge < -0.3 is 13.7 Å². The average molecular weight is 970 g/mol. The predicted molar refractivity (Wildman–Crippen MR) is 225 cm³/mol. The summed E-state index contributed by atoms with van der Waals surface area (Å²) in [6, 6.07) is 55.2. The summed E-state index contributed by atoms with van der Waals surface area (Å²) in [5.41, 5.74) is 0. The van der Waals surface area contributed by atoms with E-state index in [4.69, 9.17) is 0 Å². The van der Waals surface area contributed by atoms with E-state index in [1.165, 1.54) is 0 Å². The van der Waals surface area contributed by atoms with Gasteiger partial charge in [-0.1, -0.05) is 182 Å². The second kappa shape index (κ2) is 20.6. The van der Waals surface area contributed by atoms with Gasteiger partial charge in [0.1, 0.15) is 5.14 Å². The van der Waals surface area contributed by atoms with Crippen LogP contribution in [0.2, 0.25) is 0 Å². The topological polar surface area (TPSA) is 51.2 Å². The van der Waals surface area contributed by atoms with Gasteiger partial charge in [0, 0.05) is 58.0 Å². The Bertz CT molecular complexity index is 1780. The first kappa shape index (κ1) is 43.6. The van der Waals surface area contributed by atoms with Crippen molar-refractivity contribution in [3.8, 4) is 0 Å². The van der Waals surface area contributed by atoms with Crippen LogP contribution in [0.15, 0.2) is 193 Å². The first-order valence-corrected chi connectivity index (χ1v) is 28.8. The van der Waals surface area contributed by atoms with Crippen LogP contribution in [0, 0.1) is 0 Å². The molecule has 6 aromatic rings. The summed E-state index contributed by atoms with van der Waals surface area (Å²) in [4.78, 5) is 5.48. The van der Waals surface area contributed by atoms with Crippen LogP contribution in [0.4, 0.5) is 0 Å². The number of benzene rings is 6. The number of hydrogen-bond donors (Lipinski definition) is 0. The Labute approximate surface area is 344 Å². The number of allylic oxidation sites excluding steroid dienone is 1. The van der Waals surface area contributed by atoms with Crippen molar-refractivity contribution in [1.29, 1.82) is 0 Å². The van der Waals surface area contributed by atoms with Gasteiger partial charge in [-0.2, -0.15) is 0 Å². The van der Waals surface area contributed by atoms with Gasteiger partial charge in [0.2, 0.25) is 0 Å². The Balaban J connectivity index is 0.000000809. The van der Waals surface area contributed by atoms with Gasteiger partial charge in [0.05, 0.1) is 0 Å². The van der Waals surface area contributed by atoms with E-state index in [1.54, 1.807) is 0 Å². The largest absolute Gasteiger partial charge is 0 e. The third-order valence-electron chi connectivity index (χ3n) is 8.18. The first-order chi connectivity index (χ1) is 23.5. The summed E-state index contributed by atoms with van der Waals surface area (Å²) in [6.45, 7) is 0. The van der Waals surface area contributed by atoms with Crippen LogP contribution in [0.1, 0.15) is 0 Å². The molecule has 51 heavy (non-hydrogen) atoms. The van der Waals surface area contributed by atoms with Gasteiger partial charge in [0.25, 0.3) is 0 Å². The molecule has 3 nitrogen and oxygen atoms in total. The molecular formula is C40H36As2Cl2O3P3Zr-. The maximum atomic E-state index is 16.6. The van der Waals surface area contributed by atoms with Crippen molar-refractivity contribution >= 4 is 110 Å². The van der Waals surface area contributed by atoms with E-state index >= 15 is 13.7 Å². The summed E-state index contributed by atoms with van der Waals surface area (Å²) in [5.74, 6) is 0. The maximum Gasteiger partial charge on any atom is 0 e. The van der Waals surface area contributed by atoms with Gasteiger partial charge >= 0.3 is 42.7 Å². The molecule has 11 heteroatoms. The predicted octanol–water partition coefficient (Wildman–Crippen LogP) is 7.40. The molecule has 1 heterocycles. The molecule has 6 aromatic carbocycles. The summed E-state index contributed by atoms with van der Waals surface area (Å²) < 4.78 is 49.7. The van der Waals surface area contributed by atoms with Crippen molar-refractivity contribution in [3.05, 3.63) is 193 Å². The van der Waals surface area contributed by atoms with Crippen LogP contribution in [-0.2, 0) is 39.9 Å². The monoisotopic (exact) mass is 967 g/mol. The number of rotatable bonds is 9. The molecule has 1 aliphatic rings. The molecule has 0 aliphatic carbocycles. The molecule has 1 aliphatic heterocycles. The summed E-state index contributed by atoms with van der Waals surface area (Å²) in [6.07, 6.45) is 2.08. The zero-order valence-electron chi connectivity index (χ0n) is 27.4. The van der Waals surface area contributed by atoms with Crippen LogP contribution >= 0.6 is 46.2 Å². The molecule has 0 aromatic heterocycles. The first-order valence-electron chi connectivity index (χ1n) is 15.5. The molecule has 0 fully saturated rings. The van der Waals surface area contributed by atoms with Crippen molar-refractivity contribution in [3.63, 3.8) is 0 Å². The normalized spacial score (nSPS) is 12.8. The van der Waals surface area contributed by atoms with E-state index in [0.717, 1.165) is 0 Å². The standard InChI is InChI=1S/C37H31O3P3.C3H3As2.2ClH.Zr/c38-41(31-19-7-1-8-20-31,32-21-9-2-10-22-32)37(42(39,33-23-11-3-12-24-33)34-25-13-4-14-26-34)43(40,35-27-15-5-16-28-35)36-29-17-6-18-30-36;1-2-4-5-3-1;;;/h1-30,37H;1-2,4H;2*1H;/q;-1;;;. The van der Waals surface area contributed by atoms with Crippen molar-refractivity contribution in [2.45, 2.75) is 5.14 Å². The van der Waals surface area contributed by atoms with Gasteiger partial charge in [-0.25, -0.2) is 0 Å². The molecule has 0 saturated carbocycles. The molecule has 0 N–H and O–H groups in total. The molecule has 0 bridgehead atoms. The van der Waals surface area contributed by atoms with E-state index in [1.807, 2.05) is 182 Å². The summed E-state index contributed by atoms with van der Waals surface area (Å²) in [5, 5.41) is 1.80. The quantitative estimate of drug-likeness (QED) is 0.0864. The van der Waals surface area contributed by atoms with E-state index in [2.05, 4.69) is 15.7 Å². The minimum atomic E-state index is -3.97. The fourth-order valence-corrected chi connectivity index (χ4v) is 27.3. The summed E-state index contributed by atoms with van der Waals surface area (Å²) in [7, 11) is -11.9. The second-order valence-corrected chi connectivity index (χ2v) is 28.4. The minimum Gasteiger partial charge on any atom is 0 e. The van der Waals surface area contributed by atoms with Gasteiger partial charge in [-0.3, -0.25) is 0 Å². The average Bonchev–Trinajstić information content (AvgIpc) is 3.78. The third-order valence-corrected chi connectivity index (χ3v) is 28.3. The van der Waals surface area contributed by atoms with Crippen molar-refractivity contribution in [2.75, 3.05) is 0 Å². The second-order valence-electron chi connectivity index (χ2n) is 11.0. The van der Waals surface area contributed by atoms with E-state index < -0.39 is 26.6 Å². The van der Waals surface area contributed by atoms with Crippen LogP contribution in [0.5, 0.6) is 0 Å². The Morgan fingerprint density at radius 2 is 0.627 bits per heavy atom. The minimum absolute atomic E-state index is 0. The Kier molecular flexibility index (Phi) is 17.6. The van der Waals surface area contributed by atoms with Gasteiger partial charge in [-0.15, -0.1) is 24.8 Å². The number of halogens is 2. The van der Waals surface area contributed by atoms with E-state index in [0.29, 0.717) is 58.8 Å². The summed E-state index contributed by atoms with van der Waals surface area (Å²) >= 11 is 1.06. The molecule has 258 valence electrons. The molecule has 0 radical (unpaired) electrons. The van der Waals surface area contributed by atoms with Crippen molar-refractivity contribution < 1.29 is 39.9 Å². The number of hydrogen-bond acceptors (Lipinski definition) is 3. The van der Waals surface area contributed by atoms with Crippen LogP contribution in [0.25, 0.3) is 0 Å². The fourth-order valence-electron chi connectivity index (χ4n) is 6.02. The van der Waals surface area contributed by atoms with Crippen LogP contribution in [0.3, 0.4) is 0 Å². The molecule has 0 spiro atoms. The van der Waals surface area contributed by atoms with E-state index in [-0.39, 0.29) is 51.0 Å². The third kappa shape index (κ3) is 9.30. The van der Waals surface area contributed by atoms with E-state index in [9.17, 15) is 0 Å². The molecule has 1 unspecified atom stereocenters. The molecule has 1 atom stereocenters. The zero-order chi connectivity index (χ0) is 33.3. The fraction of sp³-hybridized carbons (Fsp3) is 0.0250. The molecule has 0 amide bonds. The molecule has 0 saturated heterocycles. The maximum absolute atomic E-state index is 16.6. The zero-order valence-corrected chi connectivity index (χ0v) is 38.1. The van der Waals surface area contributed by atoms with Crippen LogP contribution < -0.4 is 31.8 Å². The van der Waals surface area contributed by atoms with Crippen molar-refractivity contribution in [2.24, 2.45) is 0 Å². The van der Waals surface area contributed by atoms with Crippen molar-refractivity contribution in [1.82, 2.24) is 0 Å². The Morgan fingerprint density at radius 3 is 0.765 bits per heavy atom. The molecular weight excluding hydrogens is 933 g/mol.